The zero-order valence-corrected chi connectivity index (χ0v) is 18.8. The van der Waals surface area contributed by atoms with Crippen LogP contribution >= 0.6 is 0 Å². The van der Waals surface area contributed by atoms with Crippen LogP contribution in [0.2, 0.25) is 0 Å². The van der Waals surface area contributed by atoms with Gasteiger partial charge in [-0.3, -0.25) is 0 Å². The van der Waals surface area contributed by atoms with Gasteiger partial charge < -0.3 is 9.13 Å². The third-order valence-electron chi connectivity index (χ3n) is 6.18. The average molecular weight is 520 g/mol. The molecule has 5 rings (SSSR count). The van der Waals surface area contributed by atoms with E-state index in [4.69, 9.17) is 0 Å². The summed E-state index contributed by atoms with van der Waals surface area (Å²) >= 11 is 0. The van der Waals surface area contributed by atoms with Crippen LogP contribution in [0.3, 0.4) is 0 Å². The van der Waals surface area contributed by atoms with E-state index in [1.165, 1.54) is 24.3 Å². The Kier molecular flexibility index (Phi) is 5.05. The van der Waals surface area contributed by atoms with Crippen molar-refractivity contribution in [2.45, 2.75) is 0 Å². The molecule has 38 heavy (non-hydrogen) atoms. The first-order valence-electron chi connectivity index (χ1n) is 10.2. The minimum absolute atomic E-state index is 0.490. The Morgan fingerprint density at radius 3 is 1.47 bits per heavy atom. The van der Waals surface area contributed by atoms with E-state index in [0.717, 1.165) is 23.2 Å². The van der Waals surface area contributed by atoms with Crippen LogP contribution in [0.1, 0.15) is 0 Å². The summed E-state index contributed by atoms with van der Waals surface area (Å²) in [6.07, 6.45) is 0. The van der Waals surface area contributed by atoms with Gasteiger partial charge in [0.05, 0.1) is 27.1 Å². The van der Waals surface area contributed by atoms with Crippen molar-refractivity contribution in [1.82, 2.24) is 19.1 Å². The molecular formula is C24H6F6N8. The third kappa shape index (κ3) is 2.71. The highest BCUT2D eigenvalue weighted by Crippen LogP contribution is 2.41. The van der Waals surface area contributed by atoms with Gasteiger partial charge >= 0.3 is 0 Å². The van der Waals surface area contributed by atoms with Gasteiger partial charge in [0.25, 0.3) is 0 Å². The highest BCUT2D eigenvalue weighted by molar-refractivity contribution is 6.17. The molecule has 0 saturated heterocycles. The molecule has 0 aliphatic carbocycles. The number of halogens is 6. The zero-order valence-electron chi connectivity index (χ0n) is 18.8. The molecule has 0 atom stereocenters. The summed E-state index contributed by atoms with van der Waals surface area (Å²) < 4.78 is 94.1. The Balaban J connectivity index is 2.24. The van der Waals surface area contributed by atoms with Crippen molar-refractivity contribution in [3.05, 3.63) is 45.9 Å². The third-order valence-corrected chi connectivity index (χ3v) is 6.18. The van der Waals surface area contributed by atoms with E-state index < -0.39 is 101 Å². The highest BCUT2D eigenvalue weighted by atomic mass is 19.2. The summed E-state index contributed by atoms with van der Waals surface area (Å²) in [7, 11) is 2.23. The van der Waals surface area contributed by atoms with Gasteiger partial charge in [-0.1, -0.05) is 0 Å². The number of rotatable bonds is 0. The van der Waals surface area contributed by atoms with Crippen molar-refractivity contribution in [1.29, 1.82) is 21.0 Å². The maximum atomic E-state index is 16.3. The predicted octanol–water partition coefficient (Wildman–Crippen LogP) is 3.00. The summed E-state index contributed by atoms with van der Waals surface area (Å²) in [5.41, 5.74) is -5.19. The lowest BCUT2D eigenvalue weighted by molar-refractivity contribution is 0.510. The number of nitriles is 4. The number of fused-ring (bicyclic) bond motifs is 6. The number of nitrogens with zero attached hydrogens (tertiary/aromatic N) is 8. The van der Waals surface area contributed by atoms with Crippen molar-refractivity contribution < 1.29 is 26.3 Å². The molecule has 184 valence electrons. The summed E-state index contributed by atoms with van der Waals surface area (Å²) in [6.45, 7) is 0. The molecule has 0 aliphatic rings. The van der Waals surface area contributed by atoms with E-state index in [2.05, 4.69) is 9.97 Å². The molecule has 0 amide bonds. The van der Waals surface area contributed by atoms with Crippen molar-refractivity contribution in [2.75, 3.05) is 0 Å². The summed E-state index contributed by atoms with van der Waals surface area (Å²) in [5, 5.41) is 32.1. The molecule has 3 aromatic carbocycles. The summed E-state index contributed by atoms with van der Waals surface area (Å²) in [6, 6.07) is 6.03. The lowest BCUT2D eigenvalue weighted by atomic mass is 9.98. The van der Waals surface area contributed by atoms with Crippen LogP contribution in [0.4, 0.5) is 26.3 Å². The van der Waals surface area contributed by atoms with E-state index in [0.29, 0.717) is 0 Å². The smallest absolute Gasteiger partial charge is 0.187 e. The predicted molar refractivity (Wildman–Crippen MR) is 118 cm³/mol. The first-order chi connectivity index (χ1) is 18.0. The fourth-order valence-electron chi connectivity index (χ4n) is 4.53. The molecule has 8 nitrogen and oxygen atoms in total. The van der Waals surface area contributed by atoms with Crippen molar-refractivity contribution >= 4 is 54.8 Å². The van der Waals surface area contributed by atoms with Crippen LogP contribution in [-0.2, 0) is 14.1 Å². The van der Waals surface area contributed by atoms with Crippen LogP contribution in [0, 0.1) is 80.2 Å². The van der Waals surface area contributed by atoms with Gasteiger partial charge in [-0.2, -0.15) is 21.0 Å². The number of aromatic nitrogens is 4. The number of benzene rings is 3. The van der Waals surface area contributed by atoms with Crippen LogP contribution in [0.5, 0.6) is 0 Å². The van der Waals surface area contributed by atoms with Crippen LogP contribution in [0.15, 0.2) is 0 Å². The Hall–Kier alpha value is -5.60. The molecular weight excluding hydrogens is 514 g/mol. The highest BCUT2D eigenvalue weighted by Gasteiger charge is 2.32. The Morgan fingerprint density at radius 1 is 0.526 bits per heavy atom. The number of aryl methyl sites for hydroxylation is 2. The maximum Gasteiger partial charge on any atom is 0.187 e. The number of imidazole rings is 2. The molecule has 14 heteroatoms. The number of hydrogen-bond acceptors (Lipinski definition) is 6. The first-order valence-corrected chi connectivity index (χ1v) is 10.2. The molecule has 0 bridgehead atoms. The Morgan fingerprint density at radius 2 is 0.947 bits per heavy atom. The Labute approximate surface area is 206 Å². The van der Waals surface area contributed by atoms with E-state index in [1.807, 2.05) is 0 Å². The molecule has 0 aliphatic heterocycles. The molecule has 0 unspecified atom stereocenters. The van der Waals surface area contributed by atoms with Gasteiger partial charge in [-0.25, -0.2) is 36.3 Å². The molecule has 0 radical (unpaired) electrons. The zero-order chi connectivity index (χ0) is 27.8. The molecule has 2 aromatic heterocycles. The monoisotopic (exact) mass is 520 g/mol. The Bertz CT molecular complexity index is 2230. The van der Waals surface area contributed by atoms with E-state index >= 15 is 22.0 Å². The van der Waals surface area contributed by atoms with Gasteiger partial charge in [-0.15, -0.1) is 0 Å². The fourth-order valence-corrected chi connectivity index (χ4v) is 4.53. The quantitative estimate of drug-likeness (QED) is 0.228. The molecule has 0 N–H and O–H groups in total. The average Bonchev–Trinajstić information content (AvgIpc) is 3.41. The molecule has 2 heterocycles. The summed E-state index contributed by atoms with van der Waals surface area (Å²) in [5.74, 6) is -10.9. The van der Waals surface area contributed by atoms with Crippen molar-refractivity contribution in [3.8, 4) is 24.3 Å². The minimum Gasteiger partial charge on any atom is -0.325 e. The minimum atomic E-state index is -1.97. The van der Waals surface area contributed by atoms with Crippen LogP contribution < -0.4 is 11.0 Å². The lowest BCUT2D eigenvalue weighted by Gasteiger charge is -2.13. The van der Waals surface area contributed by atoms with Gasteiger partial charge in [0.1, 0.15) is 52.5 Å². The molecule has 5 aromatic rings. The van der Waals surface area contributed by atoms with Gasteiger partial charge in [0.15, 0.2) is 45.4 Å². The van der Waals surface area contributed by atoms with E-state index in [9.17, 15) is 25.4 Å². The van der Waals surface area contributed by atoms with Gasteiger partial charge in [-0.05, 0) is 0 Å². The SMILES string of the molecule is Cn1c(=C(C#N)C#N)nc2c3c(F)c4c(c(F)c(F)c5nc(=C(C#N)C#N)n(C)c54)c(F)c3c(F)c(F)c21. The second kappa shape index (κ2) is 7.95. The summed E-state index contributed by atoms with van der Waals surface area (Å²) in [4.78, 5) is 7.60. The van der Waals surface area contributed by atoms with E-state index in [1.54, 1.807) is 0 Å². The first kappa shape index (κ1) is 24.1. The van der Waals surface area contributed by atoms with Gasteiger partial charge in [0, 0.05) is 14.1 Å². The van der Waals surface area contributed by atoms with Crippen molar-refractivity contribution in [3.63, 3.8) is 0 Å². The largest absolute Gasteiger partial charge is 0.325 e. The maximum absolute atomic E-state index is 16.3. The fraction of sp³-hybridized carbons (Fsp3) is 0.0833. The van der Waals surface area contributed by atoms with Crippen molar-refractivity contribution in [2.24, 2.45) is 14.1 Å². The van der Waals surface area contributed by atoms with Crippen LogP contribution in [0.25, 0.3) is 54.8 Å². The second-order valence-electron chi connectivity index (χ2n) is 7.96. The van der Waals surface area contributed by atoms with Crippen LogP contribution in [-0.4, -0.2) is 19.1 Å². The topological polar surface area (TPSA) is 131 Å². The molecule has 0 spiro atoms. The van der Waals surface area contributed by atoms with E-state index in [-0.39, 0.29) is 0 Å². The number of hydrogen-bond donors (Lipinski definition) is 0. The normalized spacial score (nSPS) is 11.1. The molecule has 0 saturated carbocycles. The molecule has 0 fully saturated rings. The lowest BCUT2D eigenvalue weighted by Crippen LogP contribution is -2.18. The second-order valence-corrected chi connectivity index (χ2v) is 7.96. The standard InChI is InChI=1S/C24H6F6N8/c1-37-21-12-10(15(27)17(29)20(21)36-24(37)8(5-33)6-34)13(25)9-11(14(12)26)19-22(18(30)16(9)28)38(2)23(35-19)7(3-31)4-32/h1-2H3. The van der Waals surface area contributed by atoms with Gasteiger partial charge in [0.2, 0.25) is 0 Å².